The molecule has 1 saturated carbocycles. The summed E-state index contributed by atoms with van der Waals surface area (Å²) in [4.78, 5) is 0. The molecule has 0 aromatic heterocycles. The number of hydrogen-bond acceptors (Lipinski definition) is 3. The van der Waals surface area contributed by atoms with E-state index in [4.69, 9.17) is 9.47 Å². The second kappa shape index (κ2) is 3.05. The molecule has 3 nitrogen and oxygen atoms in total. The maximum Gasteiger partial charge on any atom is 0.130 e. The smallest absolute Gasteiger partial charge is 0.130 e. The number of fused-ring (bicyclic) bond motifs is 1. The third-order valence-corrected chi connectivity index (χ3v) is 3.71. The van der Waals surface area contributed by atoms with Crippen LogP contribution in [0.1, 0.15) is 19.8 Å². The lowest BCUT2D eigenvalue weighted by Gasteiger charge is -2.18. The SMILES string of the molecule is C=C(C)[C@@H]1CC[C@@]2(COC)O[C@@]12CO. The second-order valence-corrected chi connectivity index (χ2v) is 4.51. The predicted octanol–water partition coefficient (Wildman–Crippen LogP) is 1.12. The molecule has 0 spiro atoms. The zero-order chi connectivity index (χ0) is 10.4. The monoisotopic (exact) mass is 198 g/mol. The molecule has 1 saturated heterocycles. The Bertz CT molecular complexity index is 263. The zero-order valence-corrected chi connectivity index (χ0v) is 8.88. The molecule has 3 atom stereocenters. The van der Waals surface area contributed by atoms with Crippen molar-refractivity contribution >= 4 is 0 Å². The predicted molar refractivity (Wildman–Crippen MR) is 53.0 cm³/mol. The van der Waals surface area contributed by atoms with E-state index in [1.54, 1.807) is 7.11 Å². The first-order valence-corrected chi connectivity index (χ1v) is 5.07. The third kappa shape index (κ3) is 1.03. The van der Waals surface area contributed by atoms with Gasteiger partial charge in [-0.2, -0.15) is 0 Å². The molecule has 1 aliphatic carbocycles. The Hall–Kier alpha value is -0.380. The summed E-state index contributed by atoms with van der Waals surface area (Å²) in [6.07, 6.45) is 2.03. The van der Waals surface area contributed by atoms with Crippen molar-refractivity contribution in [2.75, 3.05) is 20.3 Å². The highest BCUT2D eigenvalue weighted by Crippen LogP contribution is 2.63. The van der Waals surface area contributed by atoms with Gasteiger partial charge in [-0.05, 0) is 19.8 Å². The summed E-state index contributed by atoms with van der Waals surface area (Å²) < 4.78 is 10.9. The van der Waals surface area contributed by atoms with Crippen molar-refractivity contribution in [3.8, 4) is 0 Å². The van der Waals surface area contributed by atoms with Gasteiger partial charge in [0.15, 0.2) is 0 Å². The van der Waals surface area contributed by atoms with Crippen molar-refractivity contribution in [2.24, 2.45) is 5.92 Å². The van der Waals surface area contributed by atoms with Gasteiger partial charge < -0.3 is 14.6 Å². The fraction of sp³-hybridized carbons (Fsp3) is 0.818. The number of hydrogen-bond donors (Lipinski definition) is 1. The van der Waals surface area contributed by atoms with E-state index in [9.17, 15) is 5.11 Å². The standard InChI is InChI=1S/C11H18O3/c1-8(2)9-4-5-10(7-13-3)11(9,6-12)14-10/h9,12H,1,4-7H2,2-3H3/t9-,10-,11-/m0/s1. The average Bonchev–Trinajstić information content (AvgIpc) is 2.67. The maximum atomic E-state index is 9.46. The Labute approximate surface area is 84.7 Å². The summed E-state index contributed by atoms with van der Waals surface area (Å²) in [7, 11) is 1.67. The topological polar surface area (TPSA) is 42.0 Å². The van der Waals surface area contributed by atoms with Crippen LogP contribution < -0.4 is 0 Å². The minimum absolute atomic E-state index is 0.0773. The molecule has 0 bridgehead atoms. The molecule has 0 unspecified atom stereocenters. The van der Waals surface area contributed by atoms with Gasteiger partial charge in [0.1, 0.15) is 11.2 Å². The molecule has 0 radical (unpaired) electrons. The molecule has 0 aromatic carbocycles. The molecular weight excluding hydrogens is 180 g/mol. The molecule has 0 aromatic rings. The summed E-state index contributed by atoms with van der Waals surface area (Å²) in [6.45, 7) is 6.63. The van der Waals surface area contributed by atoms with E-state index in [-0.39, 0.29) is 17.8 Å². The third-order valence-electron chi connectivity index (χ3n) is 3.71. The lowest BCUT2D eigenvalue weighted by molar-refractivity contribution is 0.0951. The van der Waals surface area contributed by atoms with Gasteiger partial charge in [0.2, 0.25) is 0 Å². The van der Waals surface area contributed by atoms with Gasteiger partial charge in [-0.3, -0.25) is 0 Å². The highest BCUT2D eigenvalue weighted by Gasteiger charge is 2.76. The molecule has 2 fully saturated rings. The van der Waals surface area contributed by atoms with Crippen LogP contribution in [-0.4, -0.2) is 36.6 Å². The van der Waals surface area contributed by atoms with E-state index >= 15 is 0 Å². The summed E-state index contributed by atoms with van der Waals surface area (Å²) >= 11 is 0. The van der Waals surface area contributed by atoms with Crippen molar-refractivity contribution in [3.05, 3.63) is 12.2 Å². The van der Waals surface area contributed by atoms with Gasteiger partial charge >= 0.3 is 0 Å². The van der Waals surface area contributed by atoms with Crippen LogP contribution in [0.25, 0.3) is 0 Å². The zero-order valence-electron chi connectivity index (χ0n) is 8.88. The second-order valence-electron chi connectivity index (χ2n) is 4.51. The van der Waals surface area contributed by atoms with Crippen LogP contribution in [-0.2, 0) is 9.47 Å². The molecule has 14 heavy (non-hydrogen) atoms. The van der Waals surface area contributed by atoms with Crippen molar-refractivity contribution in [1.29, 1.82) is 0 Å². The van der Waals surface area contributed by atoms with E-state index in [1.807, 2.05) is 6.92 Å². The summed E-state index contributed by atoms with van der Waals surface area (Å²) in [5, 5.41) is 9.46. The van der Waals surface area contributed by atoms with E-state index in [0.717, 1.165) is 18.4 Å². The number of rotatable bonds is 4. The normalized spacial score (nSPS) is 44.9. The maximum absolute atomic E-state index is 9.46. The molecule has 1 heterocycles. The van der Waals surface area contributed by atoms with Gasteiger partial charge in [0.05, 0.1) is 13.2 Å². The van der Waals surface area contributed by atoms with Crippen molar-refractivity contribution < 1.29 is 14.6 Å². The molecule has 2 aliphatic rings. The number of ether oxygens (including phenoxy) is 2. The van der Waals surface area contributed by atoms with Crippen molar-refractivity contribution in [3.63, 3.8) is 0 Å². The average molecular weight is 198 g/mol. The summed E-state index contributed by atoms with van der Waals surface area (Å²) in [5.41, 5.74) is 0.504. The number of epoxide rings is 1. The molecule has 0 amide bonds. The highest BCUT2D eigenvalue weighted by molar-refractivity contribution is 5.29. The largest absolute Gasteiger partial charge is 0.393 e. The number of methoxy groups -OCH3 is 1. The highest BCUT2D eigenvalue weighted by atomic mass is 16.7. The number of aliphatic hydroxyl groups excluding tert-OH is 1. The van der Waals surface area contributed by atoms with Gasteiger partial charge in [-0.25, -0.2) is 0 Å². The fourth-order valence-electron chi connectivity index (χ4n) is 2.97. The first-order chi connectivity index (χ1) is 6.62. The first-order valence-electron chi connectivity index (χ1n) is 5.07. The molecular formula is C11H18O3. The Balaban J connectivity index is 2.19. The molecule has 1 N–H and O–H groups in total. The summed E-state index contributed by atoms with van der Waals surface area (Å²) in [6, 6.07) is 0. The molecule has 2 rings (SSSR count). The minimum Gasteiger partial charge on any atom is -0.393 e. The first kappa shape index (κ1) is 10.1. The Morgan fingerprint density at radius 2 is 2.43 bits per heavy atom. The molecule has 1 aliphatic heterocycles. The Morgan fingerprint density at radius 1 is 1.71 bits per heavy atom. The van der Waals surface area contributed by atoms with E-state index < -0.39 is 0 Å². The van der Waals surface area contributed by atoms with Gasteiger partial charge in [-0.1, -0.05) is 12.2 Å². The van der Waals surface area contributed by atoms with Crippen LogP contribution in [0.3, 0.4) is 0 Å². The Kier molecular flexibility index (Phi) is 2.21. The van der Waals surface area contributed by atoms with E-state index in [1.165, 1.54) is 0 Å². The van der Waals surface area contributed by atoms with Crippen molar-refractivity contribution in [2.45, 2.75) is 31.0 Å². The van der Waals surface area contributed by atoms with E-state index in [2.05, 4.69) is 6.58 Å². The summed E-state index contributed by atoms with van der Waals surface area (Å²) in [5.74, 6) is 0.294. The molecule has 80 valence electrons. The van der Waals surface area contributed by atoms with Crippen LogP contribution in [0.5, 0.6) is 0 Å². The van der Waals surface area contributed by atoms with Crippen LogP contribution in [0.2, 0.25) is 0 Å². The van der Waals surface area contributed by atoms with Crippen molar-refractivity contribution in [1.82, 2.24) is 0 Å². The van der Waals surface area contributed by atoms with Crippen LogP contribution in [0.15, 0.2) is 12.2 Å². The quantitative estimate of drug-likeness (QED) is 0.543. The van der Waals surface area contributed by atoms with Crippen LogP contribution in [0.4, 0.5) is 0 Å². The van der Waals surface area contributed by atoms with Gasteiger partial charge in [0, 0.05) is 13.0 Å². The number of aliphatic hydroxyl groups is 1. The van der Waals surface area contributed by atoms with E-state index in [0.29, 0.717) is 12.5 Å². The lowest BCUT2D eigenvalue weighted by atomic mass is 9.86. The minimum atomic E-state index is -0.380. The van der Waals surface area contributed by atoms with Gasteiger partial charge in [0.25, 0.3) is 0 Å². The van der Waals surface area contributed by atoms with Gasteiger partial charge in [-0.15, -0.1) is 0 Å². The molecule has 3 heteroatoms. The fourth-order valence-corrected chi connectivity index (χ4v) is 2.97. The Morgan fingerprint density at radius 3 is 2.93 bits per heavy atom. The lowest BCUT2D eigenvalue weighted by Crippen LogP contribution is -2.33. The van der Waals surface area contributed by atoms with Crippen LogP contribution >= 0.6 is 0 Å². The van der Waals surface area contributed by atoms with Crippen LogP contribution in [0, 0.1) is 5.92 Å².